The maximum atomic E-state index is 12.4. The lowest BCUT2D eigenvalue weighted by Crippen LogP contribution is -2.25. The van der Waals surface area contributed by atoms with E-state index in [1.54, 1.807) is 42.7 Å². The first-order valence-corrected chi connectivity index (χ1v) is 9.49. The number of thioether (sulfide) groups is 1. The number of amides is 2. The Morgan fingerprint density at radius 2 is 1.78 bits per heavy atom. The second kappa shape index (κ2) is 9.09. The summed E-state index contributed by atoms with van der Waals surface area (Å²) in [6.45, 7) is 2.31. The molecule has 138 valence electrons. The number of benzene rings is 2. The first kappa shape index (κ1) is 18.8. The zero-order chi connectivity index (χ0) is 19.1. The second-order valence-electron chi connectivity index (χ2n) is 5.96. The number of nitrogens with one attached hydrogen (secondary N) is 2. The minimum atomic E-state index is -0.270. The predicted molar refractivity (Wildman–Crippen MR) is 107 cm³/mol. The number of carbonyl (C=O) groups excluding carboxylic acids is 2. The van der Waals surface area contributed by atoms with Crippen LogP contribution >= 0.6 is 11.8 Å². The van der Waals surface area contributed by atoms with Gasteiger partial charge in [-0.1, -0.05) is 29.8 Å². The Balaban J connectivity index is 1.58. The van der Waals surface area contributed by atoms with Crippen LogP contribution in [0.25, 0.3) is 0 Å². The van der Waals surface area contributed by atoms with Gasteiger partial charge in [0.15, 0.2) is 0 Å². The molecule has 3 aromatic rings. The van der Waals surface area contributed by atoms with Crippen LogP contribution in [0.4, 0.5) is 5.69 Å². The fourth-order valence-corrected chi connectivity index (χ4v) is 3.13. The number of hydrogen-bond donors (Lipinski definition) is 2. The second-order valence-corrected chi connectivity index (χ2v) is 7.01. The van der Waals surface area contributed by atoms with Crippen molar-refractivity contribution >= 4 is 29.3 Å². The largest absolute Gasteiger partial charge is 0.467 e. The van der Waals surface area contributed by atoms with E-state index >= 15 is 0 Å². The van der Waals surface area contributed by atoms with Gasteiger partial charge in [0.25, 0.3) is 5.91 Å². The molecule has 2 aromatic carbocycles. The Bertz CT molecular complexity index is 905. The molecule has 6 heteroatoms. The average Bonchev–Trinajstić information content (AvgIpc) is 3.20. The van der Waals surface area contributed by atoms with Gasteiger partial charge in [0.1, 0.15) is 5.76 Å². The number of rotatable bonds is 7. The maximum absolute atomic E-state index is 12.4. The maximum Gasteiger partial charge on any atom is 0.253 e. The van der Waals surface area contributed by atoms with E-state index in [1.165, 1.54) is 17.3 Å². The van der Waals surface area contributed by atoms with Gasteiger partial charge in [-0.3, -0.25) is 9.59 Å². The molecule has 0 fully saturated rings. The average molecular weight is 380 g/mol. The molecule has 1 aromatic heterocycles. The Morgan fingerprint density at radius 1 is 1.00 bits per heavy atom. The summed E-state index contributed by atoms with van der Waals surface area (Å²) < 4.78 is 5.21. The van der Waals surface area contributed by atoms with E-state index in [-0.39, 0.29) is 24.1 Å². The van der Waals surface area contributed by atoms with Gasteiger partial charge in [-0.25, -0.2) is 0 Å². The SMILES string of the molecule is Cc1ccc(SCC(=O)Nc2ccccc2C(=O)NCc2ccco2)cc1. The summed E-state index contributed by atoms with van der Waals surface area (Å²) in [6.07, 6.45) is 1.56. The number of carbonyl (C=O) groups is 2. The number of para-hydroxylation sites is 1. The van der Waals surface area contributed by atoms with Crippen LogP contribution in [0.3, 0.4) is 0 Å². The molecule has 0 spiro atoms. The Kier molecular flexibility index (Phi) is 6.33. The lowest BCUT2D eigenvalue weighted by molar-refractivity contribution is -0.113. The summed E-state index contributed by atoms with van der Waals surface area (Å²) in [7, 11) is 0. The molecule has 1 heterocycles. The van der Waals surface area contributed by atoms with Crippen LogP contribution < -0.4 is 10.6 Å². The van der Waals surface area contributed by atoms with Crippen LogP contribution in [0.5, 0.6) is 0 Å². The van der Waals surface area contributed by atoms with Gasteiger partial charge in [0.2, 0.25) is 5.91 Å². The Morgan fingerprint density at radius 3 is 2.52 bits per heavy atom. The number of aryl methyl sites for hydroxylation is 1. The fourth-order valence-electron chi connectivity index (χ4n) is 2.44. The smallest absolute Gasteiger partial charge is 0.253 e. The molecule has 0 saturated heterocycles. The van der Waals surface area contributed by atoms with Crippen molar-refractivity contribution < 1.29 is 14.0 Å². The summed E-state index contributed by atoms with van der Waals surface area (Å²) in [5.41, 5.74) is 2.08. The third-order valence-electron chi connectivity index (χ3n) is 3.84. The van der Waals surface area contributed by atoms with Crippen LogP contribution in [0, 0.1) is 6.92 Å². The summed E-state index contributed by atoms with van der Waals surface area (Å²) >= 11 is 1.45. The van der Waals surface area contributed by atoms with Crippen molar-refractivity contribution in [3.8, 4) is 0 Å². The van der Waals surface area contributed by atoms with Gasteiger partial charge in [0, 0.05) is 4.90 Å². The van der Waals surface area contributed by atoms with E-state index in [0.717, 1.165) is 4.90 Å². The zero-order valence-corrected chi connectivity index (χ0v) is 15.7. The van der Waals surface area contributed by atoms with Crippen LogP contribution in [0.2, 0.25) is 0 Å². The van der Waals surface area contributed by atoms with E-state index in [4.69, 9.17) is 4.42 Å². The van der Waals surface area contributed by atoms with Crippen molar-refractivity contribution in [1.82, 2.24) is 5.32 Å². The lowest BCUT2D eigenvalue weighted by Gasteiger charge is -2.11. The Labute approximate surface area is 162 Å². The normalized spacial score (nSPS) is 10.4. The molecule has 0 unspecified atom stereocenters. The quantitative estimate of drug-likeness (QED) is 0.601. The first-order valence-electron chi connectivity index (χ1n) is 8.51. The molecule has 0 bridgehead atoms. The van der Waals surface area contributed by atoms with Crippen LogP contribution in [-0.2, 0) is 11.3 Å². The van der Waals surface area contributed by atoms with Gasteiger partial charge in [-0.15, -0.1) is 11.8 Å². The number of furan rings is 1. The molecule has 0 aliphatic carbocycles. The molecule has 5 nitrogen and oxygen atoms in total. The molecule has 0 radical (unpaired) electrons. The van der Waals surface area contributed by atoms with E-state index in [0.29, 0.717) is 17.0 Å². The van der Waals surface area contributed by atoms with E-state index in [2.05, 4.69) is 10.6 Å². The minimum absolute atomic E-state index is 0.160. The summed E-state index contributed by atoms with van der Waals surface area (Å²) in [5.74, 6) is 0.505. The fraction of sp³-hybridized carbons (Fsp3) is 0.143. The van der Waals surface area contributed by atoms with Gasteiger partial charge < -0.3 is 15.1 Å². The molecule has 0 aliphatic rings. The molecular weight excluding hydrogens is 360 g/mol. The molecule has 0 aliphatic heterocycles. The molecule has 0 atom stereocenters. The number of hydrogen-bond acceptors (Lipinski definition) is 4. The number of anilines is 1. The third kappa shape index (κ3) is 5.49. The van der Waals surface area contributed by atoms with E-state index < -0.39 is 0 Å². The molecule has 2 amide bonds. The van der Waals surface area contributed by atoms with Crippen molar-refractivity contribution in [2.45, 2.75) is 18.4 Å². The van der Waals surface area contributed by atoms with Gasteiger partial charge >= 0.3 is 0 Å². The predicted octanol–water partition coefficient (Wildman–Crippen LogP) is 4.25. The van der Waals surface area contributed by atoms with E-state index in [9.17, 15) is 9.59 Å². The highest BCUT2D eigenvalue weighted by atomic mass is 32.2. The molecule has 2 N–H and O–H groups in total. The summed E-state index contributed by atoms with van der Waals surface area (Å²) in [5, 5.41) is 5.61. The van der Waals surface area contributed by atoms with Gasteiger partial charge in [-0.05, 0) is 43.3 Å². The molecule has 0 saturated carbocycles. The Hall–Kier alpha value is -2.99. The van der Waals surface area contributed by atoms with Gasteiger partial charge in [-0.2, -0.15) is 0 Å². The van der Waals surface area contributed by atoms with Crippen LogP contribution in [-0.4, -0.2) is 17.6 Å². The monoisotopic (exact) mass is 380 g/mol. The summed E-state index contributed by atoms with van der Waals surface area (Å²) in [4.78, 5) is 25.8. The van der Waals surface area contributed by atoms with Crippen molar-refractivity contribution in [3.63, 3.8) is 0 Å². The highest BCUT2D eigenvalue weighted by Gasteiger charge is 2.13. The zero-order valence-electron chi connectivity index (χ0n) is 14.9. The van der Waals surface area contributed by atoms with Crippen molar-refractivity contribution in [1.29, 1.82) is 0 Å². The minimum Gasteiger partial charge on any atom is -0.467 e. The first-order chi connectivity index (χ1) is 13.1. The third-order valence-corrected chi connectivity index (χ3v) is 4.85. The standard InChI is InChI=1S/C21H20N2O3S/c1-15-8-10-17(11-9-15)27-14-20(24)23-19-7-3-2-6-18(19)21(25)22-13-16-5-4-12-26-16/h2-12H,13-14H2,1H3,(H,22,25)(H,23,24). The molecule has 3 rings (SSSR count). The van der Waals surface area contributed by atoms with Gasteiger partial charge in [0.05, 0.1) is 29.8 Å². The van der Waals surface area contributed by atoms with Crippen LogP contribution in [0.1, 0.15) is 21.7 Å². The lowest BCUT2D eigenvalue weighted by atomic mass is 10.1. The highest BCUT2D eigenvalue weighted by molar-refractivity contribution is 8.00. The highest BCUT2D eigenvalue weighted by Crippen LogP contribution is 2.20. The molecule has 27 heavy (non-hydrogen) atoms. The van der Waals surface area contributed by atoms with Crippen molar-refractivity contribution in [2.75, 3.05) is 11.1 Å². The van der Waals surface area contributed by atoms with Crippen molar-refractivity contribution in [3.05, 3.63) is 83.8 Å². The topological polar surface area (TPSA) is 71.3 Å². The summed E-state index contributed by atoms with van der Waals surface area (Å²) in [6, 6.07) is 18.5. The molecular formula is C21H20N2O3S. The van der Waals surface area contributed by atoms with Crippen LogP contribution in [0.15, 0.2) is 76.2 Å². The van der Waals surface area contributed by atoms with Crippen molar-refractivity contribution in [2.24, 2.45) is 0 Å². The van der Waals surface area contributed by atoms with E-state index in [1.807, 2.05) is 31.2 Å².